The van der Waals surface area contributed by atoms with Gasteiger partial charge in [0.2, 0.25) is 0 Å². The monoisotopic (exact) mass is 472 g/mol. The molecule has 2 atom stereocenters. The summed E-state index contributed by atoms with van der Waals surface area (Å²) in [6.45, 7) is 5.79. The van der Waals surface area contributed by atoms with E-state index in [0.29, 0.717) is 47.8 Å². The molecule has 0 N–H and O–H groups in total. The summed E-state index contributed by atoms with van der Waals surface area (Å²) < 4.78 is 28.8. The highest BCUT2D eigenvalue weighted by molar-refractivity contribution is 5.86. The Bertz CT molecular complexity index is 1120. The van der Waals surface area contributed by atoms with Crippen LogP contribution in [0.4, 0.5) is 14.6 Å². The van der Waals surface area contributed by atoms with E-state index < -0.39 is 12.3 Å². The summed E-state index contributed by atoms with van der Waals surface area (Å²) in [5, 5.41) is 9.37. The first kappa shape index (κ1) is 24.5. The molecule has 9 heteroatoms. The number of hydrogen-bond acceptors (Lipinski definition) is 6. The van der Waals surface area contributed by atoms with E-state index >= 15 is 0 Å². The number of fused-ring (bicyclic) bond motifs is 1. The predicted molar refractivity (Wildman–Crippen MR) is 128 cm³/mol. The van der Waals surface area contributed by atoms with E-state index in [2.05, 4.69) is 39.7 Å². The Morgan fingerprint density at radius 1 is 1.15 bits per heavy atom. The maximum absolute atomic E-state index is 14.3. The molecule has 0 radical (unpaired) electrons. The van der Waals surface area contributed by atoms with Crippen molar-refractivity contribution in [3.8, 4) is 6.07 Å². The molecule has 34 heavy (non-hydrogen) atoms. The fourth-order valence-corrected chi connectivity index (χ4v) is 5.54. The Morgan fingerprint density at radius 2 is 1.85 bits per heavy atom. The number of rotatable bonds is 6. The molecule has 1 aliphatic heterocycles. The summed E-state index contributed by atoms with van der Waals surface area (Å²) >= 11 is 0. The van der Waals surface area contributed by atoms with Crippen molar-refractivity contribution in [2.24, 2.45) is 13.0 Å². The second-order valence-corrected chi connectivity index (χ2v) is 9.91. The van der Waals surface area contributed by atoms with Gasteiger partial charge in [-0.3, -0.25) is 9.47 Å². The van der Waals surface area contributed by atoms with Gasteiger partial charge in [0.1, 0.15) is 29.6 Å². The highest BCUT2D eigenvalue weighted by Crippen LogP contribution is 2.37. The van der Waals surface area contributed by atoms with Gasteiger partial charge in [-0.25, -0.2) is 18.6 Å². The Labute approximate surface area is 199 Å². The molecule has 1 saturated carbocycles. The fraction of sp³-hybridized carbons (Fsp3) is 0.680. The van der Waals surface area contributed by atoms with Crippen LogP contribution in [0.2, 0.25) is 0 Å². The van der Waals surface area contributed by atoms with Crippen LogP contribution in [-0.2, 0) is 7.05 Å². The van der Waals surface area contributed by atoms with Crippen LogP contribution in [0.5, 0.6) is 0 Å². The van der Waals surface area contributed by atoms with Crippen molar-refractivity contribution < 1.29 is 8.78 Å². The molecule has 1 aliphatic carbocycles. The number of aryl methyl sites for hydroxylation is 1. The van der Waals surface area contributed by atoms with Gasteiger partial charge in [-0.15, -0.1) is 0 Å². The van der Waals surface area contributed by atoms with Crippen molar-refractivity contribution in [1.82, 2.24) is 19.4 Å². The third-order valence-electron chi connectivity index (χ3n) is 7.81. The molecule has 0 bridgehead atoms. The SMILES string of the molecule is CCC1CN(CC2CCC(F)(CF)CC2)[C@H](CC)CN1c1nc(=O)n(C)c2ccc(C#N)nc12. The van der Waals surface area contributed by atoms with Gasteiger partial charge in [0, 0.05) is 38.8 Å². The molecule has 0 spiro atoms. The van der Waals surface area contributed by atoms with Crippen molar-refractivity contribution in [2.45, 2.75) is 70.1 Å². The number of nitrogens with zero attached hydrogens (tertiary/aromatic N) is 6. The molecule has 2 fully saturated rings. The zero-order valence-corrected chi connectivity index (χ0v) is 20.3. The van der Waals surface area contributed by atoms with Crippen molar-refractivity contribution in [3.05, 3.63) is 28.3 Å². The zero-order chi connectivity index (χ0) is 24.5. The summed E-state index contributed by atoms with van der Waals surface area (Å²) in [5.41, 5.74) is -0.455. The van der Waals surface area contributed by atoms with Crippen LogP contribution < -0.4 is 10.6 Å². The molecular formula is C25H34F2N6O. The van der Waals surface area contributed by atoms with Crippen molar-refractivity contribution >= 4 is 16.9 Å². The molecule has 3 heterocycles. The third kappa shape index (κ3) is 4.65. The first-order valence-electron chi connectivity index (χ1n) is 12.4. The highest BCUT2D eigenvalue weighted by atomic mass is 19.2. The van der Waals surface area contributed by atoms with Gasteiger partial charge in [-0.2, -0.15) is 10.2 Å². The average Bonchev–Trinajstić information content (AvgIpc) is 2.87. The minimum Gasteiger partial charge on any atom is -0.349 e. The number of halogens is 2. The minimum absolute atomic E-state index is 0.132. The fourth-order valence-electron chi connectivity index (χ4n) is 5.54. The van der Waals surface area contributed by atoms with Crippen LogP contribution in [0.25, 0.3) is 11.0 Å². The second-order valence-electron chi connectivity index (χ2n) is 9.91. The lowest BCUT2D eigenvalue weighted by molar-refractivity contribution is 0.0371. The highest BCUT2D eigenvalue weighted by Gasteiger charge is 2.39. The molecule has 0 amide bonds. The summed E-state index contributed by atoms with van der Waals surface area (Å²) in [5.74, 6) is 0.916. The number of nitriles is 1. The standard InChI is InChI=1S/C25H34F2N6O/c1-4-19-15-33(23-22-21(31(3)24(34)30-23)7-6-18(12-28)29-22)20(5-2)14-32(19)13-17-8-10-25(27,16-26)11-9-17/h6-7,17,19-20H,4-5,8-11,13-16H2,1-3H3/t17?,19-,20?,25?/m1/s1. The Kier molecular flexibility index (Phi) is 7.17. The van der Waals surface area contributed by atoms with Crippen LogP contribution in [0.15, 0.2) is 16.9 Å². The lowest BCUT2D eigenvalue weighted by atomic mass is 9.80. The summed E-state index contributed by atoms with van der Waals surface area (Å²) in [6.07, 6.45) is 3.84. The zero-order valence-electron chi connectivity index (χ0n) is 20.3. The molecule has 0 aromatic carbocycles. The maximum Gasteiger partial charge on any atom is 0.349 e. The molecule has 1 saturated heterocycles. The van der Waals surface area contributed by atoms with Crippen LogP contribution in [0.1, 0.15) is 58.1 Å². The summed E-state index contributed by atoms with van der Waals surface area (Å²) in [4.78, 5) is 26.3. The maximum atomic E-state index is 14.3. The third-order valence-corrected chi connectivity index (χ3v) is 7.81. The van der Waals surface area contributed by atoms with Crippen LogP contribution in [0.3, 0.4) is 0 Å². The normalized spacial score (nSPS) is 28.2. The molecule has 2 aliphatic rings. The molecule has 7 nitrogen and oxygen atoms in total. The van der Waals surface area contributed by atoms with E-state index in [1.165, 1.54) is 4.57 Å². The van der Waals surface area contributed by atoms with E-state index in [0.717, 1.165) is 38.8 Å². The second kappa shape index (κ2) is 9.95. The van der Waals surface area contributed by atoms with E-state index in [1.54, 1.807) is 19.2 Å². The van der Waals surface area contributed by atoms with E-state index in [4.69, 9.17) is 0 Å². The molecule has 2 aromatic rings. The first-order chi connectivity index (χ1) is 16.3. The van der Waals surface area contributed by atoms with Crippen molar-refractivity contribution in [1.29, 1.82) is 5.26 Å². The van der Waals surface area contributed by atoms with Crippen LogP contribution in [0, 0.1) is 17.2 Å². The summed E-state index contributed by atoms with van der Waals surface area (Å²) in [6, 6.07) is 5.85. The number of aromatic nitrogens is 3. The number of hydrogen-bond donors (Lipinski definition) is 0. The quantitative estimate of drug-likeness (QED) is 0.637. The van der Waals surface area contributed by atoms with Crippen molar-refractivity contribution in [2.75, 3.05) is 31.2 Å². The number of anilines is 1. The number of alkyl halides is 2. The molecular weight excluding hydrogens is 438 g/mol. The lowest BCUT2D eigenvalue weighted by Crippen LogP contribution is -2.59. The van der Waals surface area contributed by atoms with Gasteiger partial charge in [-0.1, -0.05) is 13.8 Å². The van der Waals surface area contributed by atoms with Gasteiger partial charge in [0.25, 0.3) is 0 Å². The van der Waals surface area contributed by atoms with Crippen LogP contribution >= 0.6 is 0 Å². The van der Waals surface area contributed by atoms with E-state index in [9.17, 15) is 18.8 Å². The largest absolute Gasteiger partial charge is 0.349 e. The topological polar surface area (TPSA) is 78.0 Å². The molecule has 1 unspecified atom stereocenters. The van der Waals surface area contributed by atoms with Gasteiger partial charge < -0.3 is 4.90 Å². The summed E-state index contributed by atoms with van der Waals surface area (Å²) in [7, 11) is 1.67. The Morgan fingerprint density at radius 3 is 2.47 bits per heavy atom. The first-order valence-corrected chi connectivity index (χ1v) is 12.4. The molecule has 184 valence electrons. The average molecular weight is 473 g/mol. The van der Waals surface area contributed by atoms with Crippen molar-refractivity contribution in [3.63, 3.8) is 0 Å². The smallest absolute Gasteiger partial charge is 0.349 e. The van der Waals surface area contributed by atoms with Gasteiger partial charge >= 0.3 is 5.69 Å². The van der Waals surface area contributed by atoms with Crippen LogP contribution in [-0.4, -0.2) is 63.5 Å². The number of piperazine rings is 1. The van der Waals surface area contributed by atoms with Gasteiger partial charge in [0.15, 0.2) is 5.82 Å². The minimum atomic E-state index is -1.63. The van der Waals surface area contributed by atoms with E-state index in [-0.39, 0.29) is 17.8 Å². The van der Waals surface area contributed by atoms with Gasteiger partial charge in [0.05, 0.1) is 5.52 Å². The Hall–Kier alpha value is -2.60. The molecule has 4 rings (SSSR count). The molecule has 2 aromatic heterocycles. The Balaban J connectivity index is 1.61. The van der Waals surface area contributed by atoms with E-state index in [1.807, 2.05) is 0 Å². The number of pyridine rings is 1. The lowest BCUT2D eigenvalue weighted by Gasteiger charge is -2.48. The predicted octanol–water partition coefficient (Wildman–Crippen LogP) is 3.75. The van der Waals surface area contributed by atoms with Gasteiger partial charge in [-0.05, 0) is 56.6 Å².